The van der Waals surface area contributed by atoms with E-state index in [4.69, 9.17) is 11.6 Å². The Labute approximate surface area is 194 Å². The first-order valence-corrected chi connectivity index (χ1v) is 11.7. The van der Waals surface area contributed by atoms with Gasteiger partial charge >= 0.3 is 0 Å². The summed E-state index contributed by atoms with van der Waals surface area (Å²) < 4.78 is 29.9. The second-order valence-corrected chi connectivity index (χ2v) is 10.4. The van der Waals surface area contributed by atoms with Gasteiger partial charge in [0.1, 0.15) is 5.82 Å². The zero-order valence-corrected chi connectivity index (χ0v) is 18.6. The maximum Gasteiger partial charge on any atom is 0.265 e. The largest absolute Gasteiger partial charge is 0.340 e. The van der Waals surface area contributed by atoms with Crippen LogP contribution in [-0.2, 0) is 13.1 Å². The van der Waals surface area contributed by atoms with Crippen LogP contribution in [0.2, 0.25) is 5.02 Å². The third-order valence-electron chi connectivity index (χ3n) is 7.60. The number of alkyl halides is 2. The van der Waals surface area contributed by atoms with Crippen LogP contribution in [0.15, 0.2) is 36.7 Å². The van der Waals surface area contributed by atoms with Gasteiger partial charge in [-0.1, -0.05) is 11.6 Å². The van der Waals surface area contributed by atoms with Crippen LogP contribution in [0.5, 0.6) is 0 Å². The van der Waals surface area contributed by atoms with E-state index >= 15 is 0 Å². The highest BCUT2D eigenvalue weighted by Gasteiger charge is 2.60. The molecule has 4 aliphatic rings. The molecular weight excluding hydrogens is 448 g/mol. The fourth-order valence-corrected chi connectivity index (χ4v) is 6.11. The predicted molar refractivity (Wildman–Crippen MR) is 118 cm³/mol. The molecule has 0 bridgehead atoms. The van der Waals surface area contributed by atoms with Gasteiger partial charge in [-0.2, -0.15) is 0 Å². The summed E-state index contributed by atoms with van der Waals surface area (Å²) in [6.07, 6.45) is 5.50. The van der Waals surface area contributed by atoms with Gasteiger partial charge in [0.25, 0.3) is 5.92 Å². The van der Waals surface area contributed by atoms with Gasteiger partial charge < -0.3 is 4.90 Å². The second kappa shape index (κ2) is 6.70. The van der Waals surface area contributed by atoms with Crippen molar-refractivity contribution in [3.63, 3.8) is 0 Å². The van der Waals surface area contributed by atoms with Crippen LogP contribution in [0.1, 0.15) is 42.4 Å². The average molecular weight is 470 g/mol. The Kier molecular flexibility index (Phi) is 4.02. The highest BCUT2D eigenvalue weighted by atomic mass is 35.5. The van der Waals surface area contributed by atoms with Gasteiger partial charge in [-0.3, -0.25) is 9.47 Å². The molecule has 7 rings (SSSR count). The Balaban J connectivity index is 1.16. The molecule has 0 amide bonds. The van der Waals surface area contributed by atoms with Crippen LogP contribution in [0, 0.1) is 5.41 Å². The first-order valence-electron chi connectivity index (χ1n) is 11.3. The molecule has 1 saturated heterocycles. The smallest absolute Gasteiger partial charge is 0.265 e. The maximum absolute atomic E-state index is 13.9. The Hall–Kier alpha value is -2.65. The fraction of sp³-hybridized carbons (Fsp3) is 0.478. The number of halogens is 3. The summed E-state index contributed by atoms with van der Waals surface area (Å²) in [6.45, 7) is 2.69. The van der Waals surface area contributed by atoms with Gasteiger partial charge in [-0.05, 0) is 42.7 Å². The van der Waals surface area contributed by atoms with Gasteiger partial charge in [-0.25, -0.2) is 18.7 Å². The van der Waals surface area contributed by atoms with Crippen molar-refractivity contribution in [2.24, 2.45) is 5.41 Å². The number of rotatable bonds is 3. The molecule has 4 heterocycles. The first kappa shape index (κ1) is 19.8. The SMILES string of the molecule is FC1(F)CC1N1Cc2cc(Cl)ccc2-n2c(nnc2C2CC3(C2)CN(c2ncccn2)C3)C1. The number of aromatic nitrogens is 5. The van der Waals surface area contributed by atoms with E-state index in [0.29, 0.717) is 24.0 Å². The minimum atomic E-state index is -2.63. The van der Waals surface area contributed by atoms with Crippen LogP contribution in [0.3, 0.4) is 0 Å². The van der Waals surface area contributed by atoms with Gasteiger partial charge in [0.2, 0.25) is 5.95 Å². The summed E-state index contributed by atoms with van der Waals surface area (Å²) in [5.41, 5.74) is 2.16. The Bertz CT molecular complexity index is 1230. The van der Waals surface area contributed by atoms with Crippen LogP contribution in [-0.4, -0.2) is 54.7 Å². The molecular formula is C23H22ClF2N7. The van der Waals surface area contributed by atoms with Crippen molar-refractivity contribution in [1.82, 2.24) is 29.6 Å². The molecule has 2 aliphatic heterocycles. The van der Waals surface area contributed by atoms with Crippen LogP contribution in [0.25, 0.3) is 5.69 Å². The number of anilines is 1. The molecule has 3 aromatic rings. The molecule has 10 heteroatoms. The van der Waals surface area contributed by atoms with E-state index in [1.54, 1.807) is 12.4 Å². The highest BCUT2D eigenvalue weighted by molar-refractivity contribution is 6.30. The summed E-state index contributed by atoms with van der Waals surface area (Å²) in [4.78, 5) is 12.7. The normalized spacial score (nSPS) is 25.1. The van der Waals surface area contributed by atoms with E-state index in [1.807, 2.05) is 29.2 Å². The quantitative estimate of drug-likeness (QED) is 0.581. The van der Waals surface area contributed by atoms with Gasteiger partial charge in [0.05, 0.1) is 18.3 Å². The highest BCUT2D eigenvalue weighted by Crippen LogP contribution is 2.56. The van der Waals surface area contributed by atoms with E-state index in [9.17, 15) is 8.78 Å². The fourth-order valence-electron chi connectivity index (χ4n) is 5.92. The molecule has 0 N–H and O–H groups in total. The third-order valence-corrected chi connectivity index (χ3v) is 7.84. The topological polar surface area (TPSA) is 63.0 Å². The molecule has 0 radical (unpaired) electrons. The van der Waals surface area contributed by atoms with E-state index in [1.165, 1.54) is 0 Å². The Morgan fingerprint density at radius 2 is 1.76 bits per heavy atom. The molecule has 2 saturated carbocycles. The number of benzene rings is 1. The number of nitrogens with zero attached hydrogens (tertiary/aromatic N) is 7. The van der Waals surface area contributed by atoms with Crippen molar-refractivity contribution >= 4 is 17.5 Å². The lowest BCUT2D eigenvalue weighted by Crippen LogP contribution is -2.62. The maximum atomic E-state index is 13.9. The van der Waals surface area contributed by atoms with Crippen molar-refractivity contribution in [1.29, 1.82) is 0 Å². The van der Waals surface area contributed by atoms with Gasteiger partial charge in [0, 0.05) is 54.8 Å². The lowest BCUT2D eigenvalue weighted by Gasteiger charge is -2.58. The Morgan fingerprint density at radius 1 is 1.00 bits per heavy atom. The zero-order valence-electron chi connectivity index (χ0n) is 17.8. The molecule has 7 nitrogen and oxygen atoms in total. The summed E-state index contributed by atoms with van der Waals surface area (Å²) in [7, 11) is 0. The number of hydrogen-bond acceptors (Lipinski definition) is 6. The van der Waals surface area contributed by atoms with Crippen LogP contribution < -0.4 is 4.90 Å². The molecule has 2 aliphatic carbocycles. The molecule has 1 unspecified atom stereocenters. The lowest BCUT2D eigenvalue weighted by atomic mass is 9.57. The monoisotopic (exact) mass is 469 g/mol. The molecule has 1 aromatic carbocycles. The van der Waals surface area contributed by atoms with E-state index in [2.05, 4.69) is 29.6 Å². The van der Waals surface area contributed by atoms with Crippen molar-refractivity contribution < 1.29 is 8.78 Å². The minimum absolute atomic E-state index is 0.101. The molecule has 33 heavy (non-hydrogen) atoms. The van der Waals surface area contributed by atoms with E-state index in [0.717, 1.165) is 54.8 Å². The van der Waals surface area contributed by atoms with Crippen molar-refractivity contribution in [3.05, 3.63) is 58.9 Å². The second-order valence-electron chi connectivity index (χ2n) is 9.98. The molecule has 1 atom stereocenters. The zero-order chi connectivity index (χ0) is 22.4. The van der Waals surface area contributed by atoms with E-state index < -0.39 is 12.0 Å². The summed E-state index contributed by atoms with van der Waals surface area (Å²) in [5, 5.41) is 9.63. The average Bonchev–Trinajstić information content (AvgIpc) is 3.25. The van der Waals surface area contributed by atoms with Crippen LogP contribution >= 0.6 is 11.6 Å². The molecule has 3 fully saturated rings. The molecule has 170 valence electrons. The number of fused-ring (bicyclic) bond motifs is 3. The Morgan fingerprint density at radius 3 is 2.48 bits per heavy atom. The summed E-state index contributed by atoms with van der Waals surface area (Å²) in [5.74, 6) is 0.101. The van der Waals surface area contributed by atoms with Gasteiger partial charge in [-0.15, -0.1) is 10.2 Å². The van der Waals surface area contributed by atoms with Gasteiger partial charge in [0.15, 0.2) is 5.82 Å². The lowest BCUT2D eigenvalue weighted by molar-refractivity contribution is 0.0573. The third kappa shape index (κ3) is 3.09. The standard InChI is InChI=1S/C23H22ClF2N7/c24-16-2-3-17-14(6-16)10-31(18-9-23(18,25)26)11-19-29-30-20(33(17)19)15-7-22(8-15)12-32(13-22)21-27-4-1-5-28-21/h1-6,15,18H,7-13H2. The summed E-state index contributed by atoms with van der Waals surface area (Å²) >= 11 is 6.28. The first-order chi connectivity index (χ1) is 15.9. The van der Waals surface area contributed by atoms with Crippen molar-refractivity contribution in [2.75, 3.05) is 18.0 Å². The van der Waals surface area contributed by atoms with Crippen molar-refractivity contribution in [2.45, 2.75) is 50.2 Å². The van der Waals surface area contributed by atoms with E-state index in [-0.39, 0.29) is 11.8 Å². The molecule has 1 spiro atoms. The predicted octanol–water partition coefficient (Wildman–Crippen LogP) is 3.82. The minimum Gasteiger partial charge on any atom is -0.340 e. The number of hydrogen-bond donors (Lipinski definition) is 0. The van der Waals surface area contributed by atoms with Crippen molar-refractivity contribution in [3.8, 4) is 5.69 Å². The molecule has 2 aromatic heterocycles. The summed E-state index contributed by atoms with van der Waals surface area (Å²) in [6, 6.07) is 6.78. The van der Waals surface area contributed by atoms with Crippen LogP contribution in [0.4, 0.5) is 14.7 Å².